The van der Waals surface area contributed by atoms with Gasteiger partial charge >= 0.3 is 0 Å². The number of hydrogen-bond acceptors (Lipinski definition) is 7. The first-order valence-electron chi connectivity index (χ1n) is 6.31. The maximum absolute atomic E-state index is 10.8. The van der Waals surface area contributed by atoms with Crippen LogP contribution in [-0.4, -0.2) is 14.9 Å². The molecule has 3 N–H and O–H groups in total. The molecule has 2 rings (SSSR count). The molecule has 0 aliphatic heterocycles. The van der Waals surface area contributed by atoms with Crippen LogP contribution < -0.4 is 16.0 Å². The number of aryl methyl sites for hydroxylation is 2. The van der Waals surface area contributed by atoms with Gasteiger partial charge in [-0.05, 0) is 18.6 Å². The minimum atomic E-state index is -0.476. The van der Waals surface area contributed by atoms with Crippen LogP contribution in [0.5, 0.6) is 11.6 Å². The highest BCUT2D eigenvalue weighted by Crippen LogP contribution is 2.28. The Morgan fingerprint density at radius 2 is 2.14 bits per heavy atom. The number of aromatic nitrogens is 2. The third-order valence-electron chi connectivity index (χ3n) is 2.81. The van der Waals surface area contributed by atoms with Crippen molar-refractivity contribution in [2.75, 3.05) is 5.43 Å². The Hall–Kier alpha value is -2.74. The number of nitrogen functional groups attached to an aromatic ring is 1. The molecule has 1 aromatic carbocycles. The molecule has 0 bridgehead atoms. The van der Waals surface area contributed by atoms with Gasteiger partial charge in [0.1, 0.15) is 17.4 Å². The number of nitrogens with two attached hydrogens (primary N) is 1. The van der Waals surface area contributed by atoms with Crippen molar-refractivity contribution in [1.82, 2.24) is 9.97 Å². The minimum Gasteiger partial charge on any atom is -0.438 e. The van der Waals surface area contributed by atoms with Gasteiger partial charge < -0.3 is 10.2 Å². The summed E-state index contributed by atoms with van der Waals surface area (Å²) in [5.74, 6) is 6.96. The van der Waals surface area contributed by atoms with Gasteiger partial charge in [-0.15, -0.1) is 0 Å². The molecule has 8 nitrogen and oxygen atoms in total. The number of nitrogens with zero attached hydrogens (tertiary/aromatic N) is 3. The average molecular weight is 289 g/mol. The fourth-order valence-corrected chi connectivity index (χ4v) is 1.68. The van der Waals surface area contributed by atoms with Gasteiger partial charge in [0.25, 0.3) is 5.69 Å². The van der Waals surface area contributed by atoms with Crippen LogP contribution in [0, 0.1) is 17.0 Å². The number of nitro benzene ring substituents is 1. The SMILES string of the molecule is CCc1nc(NN)cc(Oc2cc([N+](=O)[O-])ccc2C)n1. The molecule has 8 heteroatoms. The fraction of sp³-hybridized carbons (Fsp3) is 0.231. The number of nitro groups is 1. The van der Waals surface area contributed by atoms with E-state index in [0.717, 1.165) is 5.56 Å². The smallest absolute Gasteiger partial charge is 0.273 e. The second-order valence-electron chi connectivity index (χ2n) is 4.31. The van der Waals surface area contributed by atoms with Gasteiger partial charge in [0, 0.05) is 18.6 Å². The highest BCUT2D eigenvalue weighted by atomic mass is 16.6. The Labute approximate surface area is 121 Å². The van der Waals surface area contributed by atoms with Crippen molar-refractivity contribution < 1.29 is 9.66 Å². The van der Waals surface area contributed by atoms with E-state index < -0.39 is 4.92 Å². The molecule has 0 saturated heterocycles. The Bertz CT molecular complexity index is 653. The van der Waals surface area contributed by atoms with Crippen LogP contribution in [0.25, 0.3) is 0 Å². The lowest BCUT2D eigenvalue weighted by Gasteiger charge is -2.10. The van der Waals surface area contributed by atoms with Gasteiger partial charge in [0.15, 0.2) is 0 Å². The molecule has 0 unspecified atom stereocenters. The normalized spacial score (nSPS) is 10.2. The van der Waals surface area contributed by atoms with E-state index in [-0.39, 0.29) is 11.6 Å². The zero-order valence-corrected chi connectivity index (χ0v) is 11.7. The van der Waals surface area contributed by atoms with E-state index >= 15 is 0 Å². The summed E-state index contributed by atoms with van der Waals surface area (Å²) in [6.45, 7) is 3.70. The third kappa shape index (κ3) is 3.42. The van der Waals surface area contributed by atoms with Crippen molar-refractivity contribution in [3.8, 4) is 11.6 Å². The topological polar surface area (TPSA) is 116 Å². The van der Waals surface area contributed by atoms with E-state index in [1.807, 2.05) is 6.92 Å². The predicted octanol–water partition coefficient (Wildman–Crippen LogP) is 2.33. The van der Waals surface area contributed by atoms with Crippen molar-refractivity contribution in [2.24, 2.45) is 5.84 Å². The molecule has 0 spiro atoms. The van der Waals surface area contributed by atoms with E-state index in [0.29, 0.717) is 23.8 Å². The molecule has 2 aromatic rings. The summed E-state index contributed by atoms with van der Waals surface area (Å²) in [6, 6.07) is 5.93. The van der Waals surface area contributed by atoms with Crippen molar-refractivity contribution in [3.05, 3.63) is 45.8 Å². The third-order valence-corrected chi connectivity index (χ3v) is 2.81. The number of ether oxygens (including phenoxy) is 1. The lowest BCUT2D eigenvalue weighted by Crippen LogP contribution is -2.10. The number of anilines is 1. The first-order valence-corrected chi connectivity index (χ1v) is 6.31. The number of rotatable bonds is 5. The summed E-state index contributed by atoms with van der Waals surface area (Å²) in [6.07, 6.45) is 0.611. The number of hydrogen-bond donors (Lipinski definition) is 2. The first-order chi connectivity index (χ1) is 10.0. The van der Waals surface area contributed by atoms with Gasteiger partial charge in [0.05, 0.1) is 11.0 Å². The van der Waals surface area contributed by atoms with E-state index in [9.17, 15) is 10.1 Å². The van der Waals surface area contributed by atoms with E-state index in [1.165, 1.54) is 18.2 Å². The molecule has 21 heavy (non-hydrogen) atoms. The van der Waals surface area contributed by atoms with Gasteiger partial charge in [-0.25, -0.2) is 10.8 Å². The Morgan fingerprint density at radius 3 is 2.76 bits per heavy atom. The van der Waals surface area contributed by atoms with Gasteiger partial charge in [-0.3, -0.25) is 10.1 Å². The summed E-state index contributed by atoms with van der Waals surface area (Å²) >= 11 is 0. The monoisotopic (exact) mass is 289 g/mol. The summed E-state index contributed by atoms with van der Waals surface area (Å²) in [5.41, 5.74) is 3.15. The minimum absolute atomic E-state index is 0.0439. The quantitative estimate of drug-likeness (QED) is 0.493. The summed E-state index contributed by atoms with van der Waals surface area (Å²) in [5, 5.41) is 10.8. The molecule has 1 heterocycles. The van der Waals surface area contributed by atoms with Crippen molar-refractivity contribution in [3.63, 3.8) is 0 Å². The van der Waals surface area contributed by atoms with Crippen LogP contribution in [0.3, 0.4) is 0 Å². The van der Waals surface area contributed by atoms with E-state index in [4.69, 9.17) is 10.6 Å². The highest BCUT2D eigenvalue weighted by Gasteiger charge is 2.12. The molecule has 110 valence electrons. The molecule has 0 aliphatic carbocycles. The lowest BCUT2D eigenvalue weighted by molar-refractivity contribution is -0.384. The zero-order chi connectivity index (χ0) is 15.4. The van der Waals surface area contributed by atoms with Crippen LogP contribution in [-0.2, 0) is 6.42 Å². The lowest BCUT2D eigenvalue weighted by atomic mass is 10.2. The largest absolute Gasteiger partial charge is 0.438 e. The first kappa shape index (κ1) is 14.7. The highest BCUT2D eigenvalue weighted by molar-refractivity contribution is 5.46. The number of nitrogens with one attached hydrogen (secondary N) is 1. The van der Waals surface area contributed by atoms with Crippen LogP contribution in [0.1, 0.15) is 18.3 Å². The maximum Gasteiger partial charge on any atom is 0.273 e. The number of benzene rings is 1. The number of non-ortho nitro benzene ring substituents is 1. The number of hydrazine groups is 1. The van der Waals surface area contributed by atoms with Crippen molar-refractivity contribution in [2.45, 2.75) is 20.3 Å². The van der Waals surface area contributed by atoms with Gasteiger partial charge in [-0.2, -0.15) is 4.98 Å². The summed E-state index contributed by atoms with van der Waals surface area (Å²) in [4.78, 5) is 18.7. The molecule has 0 atom stereocenters. The average Bonchev–Trinajstić information content (AvgIpc) is 2.48. The van der Waals surface area contributed by atoms with Gasteiger partial charge in [0.2, 0.25) is 5.88 Å². The second-order valence-corrected chi connectivity index (χ2v) is 4.31. The maximum atomic E-state index is 10.8. The molecule has 0 saturated carbocycles. The molecule has 0 amide bonds. The fourth-order valence-electron chi connectivity index (χ4n) is 1.68. The summed E-state index contributed by atoms with van der Waals surface area (Å²) < 4.78 is 5.63. The molecule has 1 aromatic heterocycles. The van der Waals surface area contributed by atoms with Crippen molar-refractivity contribution >= 4 is 11.5 Å². The molecular weight excluding hydrogens is 274 g/mol. The standard InChI is InChI=1S/C13H15N5O3/c1-3-11-15-12(17-14)7-13(16-11)21-10-6-9(18(19)20)5-4-8(10)2/h4-7H,3,14H2,1-2H3,(H,15,16,17). The van der Waals surface area contributed by atoms with E-state index in [2.05, 4.69) is 15.4 Å². The summed E-state index contributed by atoms with van der Waals surface area (Å²) in [7, 11) is 0. The van der Waals surface area contributed by atoms with Crippen molar-refractivity contribution in [1.29, 1.82) is 0 Å². The molecule has 0 aliphatic rings. The van der Waals surface area contributed by atoms with Crippen LogP contribution >= 0.6 is 0 Å². The Kier molecular flexibility index (Phi) is 4.29. The predicted molar refractivity (Wildman–Crippen MR) is 77.1 cm³/mol. The Balaban J connectivity index is 2.37. The van der Waals surface area contributed by atoms with Crippen LogP contribution in [0.15, 0.2) is 24.3 Å². The van der Waals surface area contributed by atoms with Crippen LogP contribution in [0.2, 0.25) is 0 Å². The van der Waals surface area contributed by atoms with Crippen LogP contribution in [0.4, 0.5) is 11.5 Å². The van der Waals surface area contributed by atoms with Gasteiger partial charge in [-0.1, -0.05) is 6.92 Å². The molecule has 0 fully saturated rings. The molecule has 0 radical (unpaired) electrons. The Morgan fingerprint density at radius 1 is 1.38 bits per heavy atom. The second kappa shape index (κ2) is 6.14. The zero-order valence-electron chi connectivity index (χ0n) is 11.7. The molecular formula is C13H15N5O3. The van der Waals surface area contributed by atoms with E-state index in [1.54, 1.807) is 13.0 Å².